The van der Waals surface area contributed by atoms with Gasteiger partial charge in [-0.3, -0.25) is 9.89 Å². The molecule has 0 bridgehead atoms. The lowest BCUT2D eigenvalue weighted by atomic mass is 10.1. The zero-order valence-electron chi connectivity index (χ0n) is 19.1. The first-order valence-corrected chi connectivity index (χ1v) is 11.8. The summed E-state index contributed by atoms with van der Waals surface area (Å²) in [5.41, 5.74) is 1.42. The molecular formula is C24H41N5O. The number of piperazine rings is 1. The van der Waals surface area contributed by atoms with Crippen molar-refractivity contribution in [3.8, 4) is 0 Å². The van der Waals surface area contributed by atoms with E-state index in [4.69, 9.17) is 9.73 Å². The smallest absolute Gasteiger partial charge is 0.193 e. The van der Waals surface area contributed by atoms with Crippen molar-refractivity contribution in [2.45, 2.75) is 32.7 Å². The maximum atomic E-state index is 5.51. The van der Waals surface area contributed by atoms with Crippen LogP contribution < -0.4 is 5.32 Å². The molecule has 2 aliphatic rings. The third kappa shape index (κ3) is 7.89. The van der Waals surface area contributed by atoms with Gasteiger partial charge in [-0.05, 0) is 38.3 Å². The second-order valence-electron chi connectivity index (χ2n) is 8.66. The van der Waals surface area contributed by atoms with E-state index in [0.717, 1.165) is 51.8 Å². The fourth-order valence-electron chi connectivity index (χ4n) is 4.32. The lowest BCUT2D eigenvalue weighted by molar-refractivity contribution is 0.126. The topological polar surface area (TPSA) is 43.3 Å². The van der Waals surface area contributed by atoms with E-state index in [1.165, 1.54) is 51.1 Å². The molecule has 0 amide bonds. The van der Waals surface area contributed by atoms with Crippen LogP contribution in [0, 0.1) is 5.92 Å². The van der Waals surface area contributed by atoms with Crippen LogP contribution in [-0.2, 0) is 11.3 Å². The summed E-state index contributed by atoms with van der Waals surface area (Å²) in [6.45, 7) is 13.8. The van der Waals surface area contributed by atoms with Gasteiger partial charge < -0.3 is 19.9 Å². The van der Waals surface area contributed by atoms with Gasteiger partial charge in [0.1, 0.15) is 0 Å². The van der Waals surface area contributed by atoms with E-state index < -0.39 is 0 Å². The molecule has 2 heterocycles. The summed E-state index contributed by atoms with van der Waals surface area (Å²) >= 11 is 0. The molecule has 1 unspecified atom stereocenters. The number of guanidine groups is 1. The van der Waals surface area contributed by atoms with Crippen molar-refractivity contribution in [1.29, 1.82) is 0 Å². The third-order valence-corrected chi connectivity index (χ3v) is 6.11. The van der Waals surface area contributed by atoms with Gasteiger partial charge in [0.15, 0.2) is 5.96 Å². The van der Waals surface area contributed by atoms with Crippen LogP contribution in [0.25, 0.3) is 0 Å². The molecule has 168 valence electrons. The Bertz CT molecular complexity index is 609. The summed E-state index contributed by atoms with van der Waals surface area (Å²) in [7, 11) is 2.15. The Morgan fingerprint density at radius 2 is 1.90 bits per heavy atom. The van der Waals surface area contributed by atoms with E-state index >= 15 is 0 Å². The summed E-state index contributed by atoms with van der Waals surface area (Å²) in [6, 6.07) is 10.8. The van der Waals surface area contributed by atoms with E-state index in [1.807, 2.05) is 0 Å². The molecule has 1 aromatic carbocycles. The minimum atomic E-state index is 0.638. The van der Waals surface area contributed by atoms with Crippen LogP contribution in [0.15, 0.2) is 35.3 Å². The maximum absolute atomic E-state index is 5.51. The zero-order chi connectivity index (χ0) is 21.0. The highest BCUT2D eigenvalue weighted by molar-refractivity contribution is 5.79. The van der Waals surface area contributed by atoms with Crippen molar-refractivity contribution >= 4 is 5.96 Å². The Hall–Kier alpha value is -1.63. The molecule has 6 heteroatoms. The first-order valence-electron chi connectivity index (χ1n) is 11.8. The van der Waals surface area contributed by atoms with Crippen molar-refractivity contribution in [2.75, 3.05) is 72.6 Å². The van der Waals surface area contributed by atoms with Crippen LogP contribution >= 0.6 is 0 Å². The molecule has 0 spiro atoms. The molecule has 0 aliphatic carbocycles. The third-order valence-electron chi connectivity index (χ3n) is 6.11. The van der Waals surface area contributed by atoms with Gasteiger partial charge in [-0.1, -0.05) is 30.3 Å². The average Bonchev–Trinajstić information content (AvgIpc) is 3.27. The summed E-state index contributed by atoms with van der Waals surface area (Å²) in [5.74, 6) is 1.68. The first kappa shape index (κ1) is 23.0. The molecule has 1 atom stereocenters. The minimum Gasteiger partial charge on any atom is -0.381 e. The van der Waals surface area contributed by atoms with E-state index in [0.29, 0.717) is 5.92 Å². The number of aliphatic imine (C=N–C) groups is 1. The van der Waals surface area contributed by atoms with Crippen LogP contribution in [0.3, 0.4) is 0 Å². The Balaban J connectivity index is 1.30. The van der Waals surface area contributed by atoms with Gasteiger partial charge in [0.25, 0.3) is 0 Å². The van der Waals surface area contributed by atoms with E-state index in [9.17, 15) is 0 Å². The molecule has 3 rings (SSSR count). The highest BCUT2D eigenvalue weighted by atomic mass is 16.5. The van der Waals surface area contributed by atoms with Crippen LogP contribution in [0.5, 0.6) is 0 Å². The quantitative estimate of drug-likeness (QED) is 0.361. The van der Waals surface area contributed by atoms with Crippen LogP contribution in [-0.4, -0.2) is 93.3 Å². The predicted molar refractivity (Wildman–Crippen MR) is 125 cm³/mol. The number of benzene rings is 1. The van der Waals surface area contributed by atoms with Gasteiger partial charge in [0.05, 0.1) is 6.61 Å². The summed E-state index contributed by atoms with van der Waals surface area (Å²) in [5, 5.41) is 3.44. The number of nitrogens with one attached hydrogen (secondary N) is 1. The Labute approximate surface area is 183 Å². The van der Waals surface area contributed by atoms with Crippen molar-refractivity contribution in [1.82, 2.24) is 20.0 Å². The van der Waals surface area contributed by atoms with Gasteiger partial charge in [0, 0.05) is 71.9 Å². The maximum Gasteiger partial charge on any atom is 0.193 e. The predicted octanol–water partition coefficient (Wildman–Crippen LogP) is 2.52. The summed E-state index contributed by atoms with van der Waals surface area (Å²) < 4.78 is 5.51. The molecule has 6 nitrogen and oxygen atoms in total. The molecular weight excluding hydrogens is 374 g/mol. The lowest BCUT2D eigenvalue weighted by Gasteiger charge is -2.34. The Kier molecular flexibility index (Phi) is 9.93. The molecule has 1 N–H and O–H groups in total. The molecule has 1 aromatic rings. The molecule has 30 heavy (non-hydrogen) atoms. The van der Waals surface area contributed by atoms with Gasteiger partial charge >= 0.3 is 0 Å². The van der Waals surface area contributed by atoms with E-state index in [2.05, 4.69) is 64.3 Å². The van der Waals surface area contributed by atoms with Gasteiger partial charge in [-0.15, -0.1) is 0 Å². The zero-order valence-corrected chi connectivity index (χ0v) is 19.1. The minimum absolute atomic E-state index is 0.638. The largest absolute Gasteiger partial charge is 0.381 e. The standard InChI is InChI=1S/C24H41N5O/c1-3-25-24(27(2)19-23-11-18-30-21-23)26-12-7-8-13-28-14-16-29(17-15-28)20-22-9-5-4-6-10-22/h4-6,9-10,23H,3,7-8,11-21H2,1-2H3,(H,25,26). The van der Waals surface area contributed by atoms with Crippen molar-refractivity contribution in [2.24, 2.45) is 10.9 Å². The second kappa shape index (κ2) is 12.9. The summed E-state index contributed by atoms with van der Waals surface area (Å²) in [6.07, 6.45) is 3.55. The highest BCUT2D eigenvalue weighted by Crippen LogP contribution is 2.13. The number of hydrogen-bond acceptors (Lipinski definition) is 4. The fourth-order valence-corrected chi connectivity index (χ4v) is 4.32. The average molecular weight is 416 g/mol. The molecule has 0 aromatic heterocycles. The Morgan fingerprint density at radius 3 is 2.60 bits per heavy atom. The lowest BCUT2D eigenvalue weighted by Crippen LogP contribution is -2.46. The molecule has 0 saturated carbocycles. The monoisotopic (exact) mass is 415 g/mol. The molecule has 0 radical (unpaired) electrons. The van der Waals surface area contributed by atoms with Gasteiger partial charge in [-0.2, -0.15) is 0 Å². The van der Waals surface area contributed by atoms with Crippen LogP contribution in [0.1, 0.15) is 31.7 Å². The SMILES string of the molecule is CCNC(=NCCCCN1CCN(Cc2ccccc2)CC1)N(C)CC1CCOC1. The van der Waals surface area contributed by atoms with Crippen molar-refractivity contribution < 1.29 is 4.74 Å². The number of hydrogen-bond donors (Lipinski definition) is 1. The van der Waals surface area contributed by atoms with E-state index in [-0.39, 0.29) is 0 Å². The molecule has 2 saturated heterocycles. The molecule has 2 aliphatic heterocycles. The number of ether oxygens (including phenoxy) is 1. The number of nitrogens with zero attached hydrogens (tertiary/aromatic N) is 4. The van der Waals surface area contributed by atoms with Crippen molar-refractivity contribution in [3.63, 3.8) is 0 Å². The Morgan fingerprint density at radius 1 is 1.13 bits per heavy atom. The number of unbranched alkanes of at least 4 members (excludes halogenated alkanes) is 1. The first-order chi connectivity index (χ1) is 14.7. The molecule has 2 fully saturated rings. The van der Waals surface area contributed by atoms with Crippen LogP contribution in [0.4, 0.5) is 0 Å². The summed E-state index contributed by atoms with van der Waals surface area (Å²) in [4.78, 5) is 12.3. The van der Waals surface area contributed by atoms with Gasteiger partial charge in [-0.25, -0.2) is 0 Å². The van der Waals surface area contributed by atoms with Gasteiger partial charge in [0.2, 0.25) is 0 Å². The van der Waals surface area contributed by atoms with Crippen molar-refractivity contribution in [3.05, 3.63) is 35.9 Å². The van der Waals surface area contributed by atoms with E-state index in [1.54, 1.807) is 0 Å². The number of rotatable bonds is 10. The fraction of sp³-hybridized carbons (Fsp3) is 0.708. The normalized spacial score (nSPS) is 21.1. The highest BCUT2D eigenvalue weighted by Gasteiger charge is 2.19. The second-order valence-corrected chi connectivity index (χ2v) is 8.66. The van der Waals surface area contributed by atoms with Crippen LogP contribution in [0.2, 0.25) is 0 Å².